The average molecular weight is 408 g/mol. The predicted octanol–water partition coefficient (Wildman–Crippen LogP) is 4.56. The van der Waals surface area contributed by atoms with E-state index in [1.165, 1.54) is 28.7 Å². The zero-order valence-corrected chi connectivity index (χ0v) is 14.9. The molecule has 3 aromatic rings. The number of thiazole rings is 1. The van der Waals surface area contributed by atoms with Crippen LogP contribution >= 0.6 is 38.6 Å². The lowest BCUT2D eigenvalue weighted by Gasteiger charge is -1.98. The molecule has 0 radical (unpaired) electrons. The standard InChI is InChI=1S/C16H10BrNO3S2/c17-14-6-5-13(22-14)11(19)9-21-16(20)8-7-15-18-10-3-1-2-4-12(10)23-15/h1-8H,9H2/b8-7+. The molecule has 0 bridgehead atoms. The lowest BCUT2D eigenvalue weighted by Crippen LogP contribution is -2.11. The summed E-state index contributed by atoms with van der Waals surface area (Å²) in [7, 11) is 0. The van der Waals surface area contributed by atoms with Gasteiger partial charge in [-0.05, 0) is 46.3 Å². The molecular weight excluding hydrogens is 398 g/mol. The molecule has 3 rings (SSSR count). The van der Waals surface area contributed by atoms with Gasteiger partial charge in [0.2, 0.25) is 5.78 Å². The minimum atomic E-state index is -0.562. The number of benzene rings is 1. The number of hydrogen-bond donors (Lipinski definition) is 0. The first-order valence-corrected chi connectivity index (χ1v) is 9.03. The molecule has 116 valence electrons. The van der Waals surface area contributed by atoms with Crippen LogP contribution in [0.2, 0.25) is 0 Å². The van der Waals surface area contributed by atoms with Crippen molar-refractivity contribution in [3.63, 3.8) is 0 Å². The van der Waals surface area contributed by atoms with E-state index in [4.69, 9.17) is 4.74 Å². The number of rotatable bonds is 5. The second kappa shape index (κ2) is 7.16. The van der Waals surface area contributed by atoms with Gasteiger partial charge in [0, 0.05) is 6.08 Å². The van der Waals surface area contributed by atoms with Crippen LogP contribution in [0.15, 0.2) is 46.3 Å². The maximum absolute atomic E-state index is 11.8. The van der Waals surface area contributed by atoms with Gasteiger partial charge in [0.1, 0.15) is 5.01 Å². The fourth-order valence-electron chi connectivity index (χ4n) is 1.82. The molecule has 0 unspecified atom stereocenters. The highest BCUT2D eigenvalue weighted by molar-refractivity contribution is 9.11. The number of carbonyl (C=O) groups excluding carboxylic acids is 2. The van der Waals surface area contributed by atoms with Crippen LogP contribution in [-0.4, -0.2) is 23.3 Å². The van der Waals surface area contributed by atoms with Gasteiger partial charge < -0.3 is 4.74 Å². The van der Waals surface area contributed by atoms with Crippen LogP contribution in [0, 0.1) is 0 Å². The van der Waals surface area contributed by atoms with Crippen molar-refractivity contribution >= 4 is 66.6 Å². The van der Waals surface area contributed by atoms with Gasteiger partial charge in [0.25, 0.3) is 0 Å². The number of Topliss-reactive ketones (excluding diaryl/α,β-unsaturated/α-hetero) is 1. The molecule has 0 fully saturated rings. The van der Waals surface area contributed by atoms with Crippen molar-refractivity contribution in [3.05, 3.63) is 56.1 Å². The van der Waals surface area contributed by atoms with Gasteiger partial charge in [-0.3, -0.25) is 4.79 Å². The molecule has 0 saturated heterocycles. The molecule has 0 saturated carbocycles. The Morgan fingerprint density at radius 1 is 1.17 bits per heavy atom. The van der Waals surface area contributed by atoms with E-state index in [1.807, 2.05) is 24.3 Å². The van der Waals surface area contributed by atoms with Crippen molar-refractivity contribution in [1.82, 2.24) is 4.98 Å². The van der Waals surface area contributed by atoms with Crippen LogP contribution in [0.5, 0.6) is 0 Å². The Balaban J connectivity index is 1.57. The minimum Gasteiger partial charge on any atom is -0.454 e. The molecule has 1 aromatic carbocycles. The van der Waals surface area contributed by atoms with E-state index < -0.39 is 5.97 Å². The molecule has 4 nitrogen and oxygen atoms in total. The first kappa shape index (κ1) is 16.0. The van der Waals surface area contributed by atoms with Gasteiger partial charge in [-0.1, -0.05) is 12.1 Å². The van der Waals surface area contributed by atoms with E-state index in [0.29, 0.717) is 4.88 Å². The summed E-state index contributed by atoms with van der Waals surface area (Å²) >= 11 is 6.08. The lowest BCUT2D eigenvalue weighted by atomic mass is 10.3. The lowest BCUT2D eigenvalue weighted by molar-refractivity contribution is -0.136. The Morgan fingerprint density at radius 3 is 2.74 bits per heavy atom. The highest BCUT2D eigenvalue weighted by Crippen LogP contribution is 2.23. The van der Waals surface area contributed by atoms with Gasteiger partial charge in [-0.25, -0.2) is 9.78 Å². The zero-order valence-electron chi connectivity index (χ0n) is 11.7. The Hall–Kier alpha value is -1.83. The van der Waals surface area contributed by atoms with Gasteiger partial charge in [-0.2, -0.15) is 0 Å². The molecule has 0 atom stereocenters. The molecule has 0 spiro atoms. The van der Waals surface area contributed by atoms with E-state index in [2.05, 4.69) is 20.9 Å². The van der Waals surface area contributed by atoms with Crippen LogP contribution in [0.4, 0.5) is 0 Å². The summed E-state index contributed by atoms with van der Waals surface area (Å²) in [6, 6.07) is 11.2. The van der Waals surface area contributed by atoms with E-state index >= 15 is 0 Å². The summed E-state index contributed by atoms with van der Waals surface area (Å²) < 4.78 is 6.87. The first-order valence-electron chi connectivity index (χ1n) is 6.61. The number of fused-ring (bicyclic) bond motifs is 1. The van der Waals surface area contributed by atoms with E-state index in [-0.39, 0.29) is 12.4 Å². The fourth-order valence-corrected chi connectivity index (χ4v) is 4.00. The summed E-state index contributed by atoms with van der Waals surface area (Å²) in [5.74, 6) is -0.782. The molecule has 0 N–H and O–H groups in total. The Kier molecular flexibility index (Phi) is 5.00. The summed E-state index contributed by atoms with van der Waals surface area (Å²) in [5.41, 5.74) is 0.893. The van der Waals surface area contributed by atoms with Crippen molar-refractivity contribution < 1.29 is 14.3 Å². The van der Waals surface area contributed by atoms with Crippen LogP contribution in [0.1, 0.15) is 14.7 Å². The van der Waals surface area contributed by atoms with Crippen molar-refractivity contribution in [3.8, 4) is 0 Å². The summed E-state index contributed by atoms with van der Waals surface area (Å²) in [4.78, 5) is 28.5. The van der Waals surface area contributed by atoms with Gasteiger partial charge in [0.05, 0.1) is 18.9 Å². The number of halogens is 1. The second-order valence-corrected chi connectivity index (χ2v) is 8.01. The molecule has 0 amide bonds. The number of hydrogen-bond acceptors (Lipinski definition) is 6. The zero-order chi connectivity index (χ0) is 16.2. The van der Waals surface area contributed by atoms with E-state index in [1.54, 1.807) is 18.2 Å². The number of ether oxygens (including phenoxy) is 1. The SMILES string of the molecule is O=C(/C=C/c1nc2ccccc2s1)OCC(=O)c1ccc(Br)s1. The number of para-hydroxylation sites is 1. The average Bonchev–Trinajstić information content (AvgIpc) is 3.16. The summed E-state index contributed by atoms with van der Waals surface area (Å²) in [6.07, 6.45) is 2.88. The maximum Gasteiger partial charge on any atom is 0.331 e. The van der Waals surface area contributed by atoms with Gasteiger partial charge >= 0.3 is 5.97 Å². The fraction of sp³-hybridized carbons (Fsp3) is 0.0625. The monoisotopic (exact) mass is 407 g/mol. The molecule has 7 heteroatoms. The highest BCUT2D eigenvalue weighted by atomic mass is 79.9. The maximum atomic E-state index is 11.8. The molecule has 0 aliphatic heterocycles. The number of nitrogens with zero attached hydrogens (tertiary/aromatic N) is 1. The van der Waals surface area contributed by atoms with Crippen molar-refractivity contribution in [1.29, 1.82) is 0 Å². The highest BCUT2D eigenvalue weighted by Gasteiger charge is 2.10. The number of aromatic nitrogens is 1. The third-order valence-electron chi connectivity index (χ3n) is 2.87. The van der Waals surface area contributed by atoms with E-state index in [0.717, 1.165) is 19.0 Å². The van der Waals surface area contributed by atoms with Crippen molar-refractivity contribution in [2.75, 3.05) is 6.61 Å². The molecule has 0 aliphatic carbocycles. The topological polar surface area (TPSA) is 56.3 Å². The normalized spacial score (nSPS) is 11.2. The smallest absolute Gasteiger partial charge is 0.331 e. The molecular formula is C16H10BrNO3S2. The van der Waals surface area contributed by atoms with Gasteiger partial charge in [-0.15, -0.1) is 22.7 Å². The first-order chi connectivity index (χ1) is 11.1. The minimum absolute atomic E-state index is 0.220. The Morgan fingerprint density at radius 2 is 2.00 bits per heavy atom. The molecule has 2 heterocycles. The number of thiophene rings is 1. The Labute approximate surface area is 148 Å². The third kappa shape index (κ3) is 4.13. The largest absolute Gasteiger partial charge is 0.454 e. The van der Waals surface area contributed by atoms with Crippen molar-refractivity contribution in [2.24, 2.45) is 0 Å². The Bertz CT molecular complexity index is 865. The molecule has 0 aliphatic rings. The number of carbonyl (C=O) groups is 2. The summed E-state index contributed by atoms with van der Waals surface area (Å²) in [6.45, 7) is -0.268. The van der Waals surface area contributed by atoms with Gasteiger partial charge in [0.15, 0.2) is 6.61 Å². The number of ketones is 1. The molecule has 2 aromatic heterocycles. The third-order valence-corrected chi connectivity index (χ3v) is 5.53. The van der Waals surface area contributed by atoms with Crippen molar-refractivity contribution in [2.45, 2.75) is 0 Å². The second-order valence-electron chi connectivity index (χ2n) is 4.49. The van der Waals surface area contributed by atoms with E-state index in [9.17, 15) is 9.59 Å². The van der Waals surface area contributed by atoms with Crippen LogP contribution < -0.4 is 0 Å². The predicted molar refractivity (Wildman–Crippen MR) is 96.0 cm³/mol. The van der Waals surface area contributed by atoms with Crippen LogP contribution in [0.25, 0.3) is 16.3 Å². The molecule has 23 heavy (non-hydrogen) atoms. The number of esters is 1. The summed E-state index contributed by atoms with van der Waals surface area (Å²) in [5, 5.41) is 0.719. The quantitative estimate of drug-likeness (QED) is 0.353. The van der Waals surface area contributed by atoms with Crippen LogP contribution in [-0.2, 0) is 9.53 Å². The van der Waals surface area contributed by atoms with Crippen LogP contribution in [0.3, 0.4) is 0 Å².